The lowest BCUT2D eigenvalue weighted by atomic mass is 9.90. The molecule has 0 saturated heterocycles. The number of hydrogen-bond donors (Lipinski definition) is 0. The Labute approximate surface area is 129 Å². The van der Waals surface area contributed by atoms with Crippen LogP contribution in [0.2, 0.25) is 0 Å². The van der Waals surface area contributed by atoms with Crippen LogP contribution in [0.3, 0.4) is 0 Å². The maximum absolute atomic E-state index is 12.3. The lowest BCUT2D eigenvalue weighted by Gasteiger charge is -2.15. The van der Waals surface area contributed by atoms with Crippen LogP contribution in [0, 0.1) is 0 Å². The first-order valence-electron chi connectivity index (χ1n) is 7.41. The number of esters is 2. The molecule has 0 spiro atoms. The summed E-state index contributed by atoms with van der Waals surface area (Å²) in [5.41, 5.74) is 2.79. The van der Waals surface area contributed by atoms with E-state index in [2.05, 4.69) is 6.07 Å². The van der Waals surface area contributed by atoms with Crippen molar-refractivity contribution in [1.82, 2.24) is 0 Å². The van der Waals surface area contributed by atoms with E-state index in [1.165, 1.54) is 19.8 Å². The first-order chi connectivity index (χ1) is 10.7. The third-order valence-electron chi connectivity index (χ3n) is 4.27. The molecule has 22 heavy (non-hydrogen) atoms. The minimum atomic E-state index is -0.506. The lowest BCUT2D eigenvalue weighted by molar-refractivity contribution is 0.0554. The molecule has 0 heterocycles. The Bertz CT molecular complexity index is 761. The molecule has 0 fully saturated rings. The number of methoxy groups -OCH3 is 2. The number of aryl methyl sites for hydroxylation is 2. The molecule has 0 amide bonds. The van der Waals surface area contributed by atoms with Crippen LogP contribution in [0.15, 0.2) is 24.3 Å². The maximum atomic E-state index is 12.3. The maximum Gasteiger partial charge on any atom is 0.339 e. The molecule has 0 radical (unpaired) electrons. The van der Waals surface area contributed by atoms with E-state index in [1.807, 2.05) is 12.1 Å². The third-order valence-corrected chi connectivity index (χ3v) is 4.27. The van der Waals surface area contributed by atoms with Crippen molar-refractivity contribution in [2.75, 3.05) is 14.2 Å². The number of hydrogen-bond acceptors (Lipinski definition) is 4. The van der Waals surface area contributed by atoms with Crippen LogP contribution < -0.4 is 0 Å². The van der Waals surface area contributed by atoms with E-state index >= 15 is 0 Å². The molecule has 2 aromatic rings. The van der Waals surface area contributed by atoms with Gasteiger partial charge in [-0.1, -0.05) is 18.2 Å². The Morgan fingerprint density at radius 1 is 1.00 bits per heavy atom. The number of benzene rings is 2. The van der Waals surface area contributed by atoms with Crippen molar-refractivity contribution in [3.8, 4) is 0 Å². The fourth-order valence-electron chi connectivity index (χ4n) is 3.31. The van der Waals surface area contributed by atoms with Crippen LogP contribution in [0.4, 0.5) is 0 Å². The minimum absolute atomic E-state index is 0.288. The van der Waals surface area contributed by atoms with Crippen LogP contribution >= 0.6 is 0 Å². The van der Waals surface area contributed by atoms with Crippen LogP contribution in [0.5, 0.6) is 0 Å². The Hall–Kier alpha value is -2.36. The Morgan fingerprint density at radius 2 is 1.73 bits per heavy atom. The third kappa shape index (κ3) is 2.25. The first-order valence-corrected chi connectivity index (χ1v) is 7.41. The molecule has 0 aromatic heterocycles. The van der Waals surface area contributed by atoms with Gasteiger partial charge in [-0.15, -0.1) is 0 Å². The molecule has 1 aliphatic rings. The number of ether oxygens (including phenoxy) is 2. The highest BCUT2D eigenvalue weighted by molar-refractivity contribution is 6.10. The van der Waals surface area contributed by atoms with Gasteiger partial charge < -0.3 is 9.47 Å². The molecule has 0 unspecified atom stereocenters. The molecule has 0 N–H and O–H groups in total. The zero-order valence-corrected chi connectivity index (χ0v) is 12.8. The summed E-state index contributed by atoms with van der Waals surface area (Å²) in [5.74, 6) is -0.984. The highest BCUT2D eigenvalue weighted by Gasteiger charge is 2.26. The second-order valence-corrected chi connectivity index (χ2v) is 5.48. The van der Waals surface area contributed by atoms with Crippen LogP contribution in [-0.2, 0) is 22.3 Å². The Kier molecular flexibility index (Phi) is 3.84. The highest BCUT2D eigenvalue weighted by atomic mass is 16.5. The van der Waals surface area contributed by atoms with Crippen molar-refractivity contribution in [1.29, 1.82) is 0 Å². The summed E-state index contributed by atoms with van der Waals surface area (Å²) in [6.45, 7) is 0. The largest absolute Gasteiger partial charge is 0.465 e. The predicted octanol–water partition coefficient (Wildman–Crippen LogP) is 3.29. The molecule has 0 atom stereocenters. The predicted molar refractivity (Wildman–Crippen MR) is 83.3 cm³/mol. The standard InChI is InChI=1S/C18H18O4/c1-21-17(19)14-10-12-8-5-7-11-6-3-4-9-13(15(11)12)16(14)18(20)22-2/h5,7-8,10H,3-4,6,9H2,1-2H3. The summed E-state index contributed by atoms with van der Waals surface area (Å²) >= 11 is 0. The monoisotopic (exact) mass is 298 g/mol. The van der Waals surface area contributed by atoms with Gasteiger partial charge in [0, 0.05) is 0 Å². The van der Waals surface area contributed by atoms with Crippen LogP contribution in [0.25, 0.3) is 10.8 Å². The summed E-state index contributed by atoms with van der Waals surface area (Å²) in [6.07, 6.45) is 3.81. The molecule has 3 rings (SSSR count). The van der Waals surface area contributed by atoms with Crippen molar-refractivity contribution in [2.45, 2.75) is 25.7 Å². The average Bonchev–Trinajstić information content (AvgIpc) is 2.77. The van der Waals surface area contributed by atoms with Gasteiger partial charge in [0.15, 0.2) is 0 Å². The number of carbonyl (C=O) groups excluding carboxylic acids is 2. The number of carbonyl (C=O) groups is 2. The molecule has 2 aromatic carbocycles. The van der Waals surface area contributed by atoms with Gasteiger partial charge in [-0.25, -0.2) is 9.59 Å². The summed E-state index contributed by atoms with van der Waals surface area (Å²) in [7, 11) is 2.66. The summed E-state index contributed by atoms with van der Waals surface area (Å²) in [6, 6.07) is 7.80. The van der Waals surface area contributed by atoms with E-state index in [0.717, 1.165) is 42.0 Å². The second-order valence-electron chi connectivity index (χ2n) is 5.48. The molecule has 114 valence electrons. The second kappa shape index (κ2) is 5.79. The molecule has 0 aliphatic heterocycles. The van der Waals surface area contributed by atoms with Crippen LogP contribution in [-0.4, -0.2) is 26.2 Å². The summed E-state index contributed by atoms with van der Waals surface area (Å²) < 4.78 is 9.77. The summed E-state index contributed by atoms with van der Waals surface area (Å²) in [5, 5.41) is 2.07. The Morgan fingerprint density at radius 3 is 2.45 bits per heavy atom. The van der Waals surface area contributed by atoms with Gasteiger partial charge >= 0.3 is 11.9 Å². The molecular formula is C18H18O4. The van der Waals surface area contributed by atoms with Crippen molar-refractivity contribution in [3.05, 3.63) is 46.5 Å². The molecule has 4 heteroatoms. The van der Waals surface area contributed by atoms with Crippen molar-refractivity contribution in [2.24, 2.45) is 0 Å². The van der Waals surface area contributed by atoms with E-state index in [1.54, 1.807) is 6.07 Å². The zero-order chi connectivity index (χ0) is 15.7. The van der Waals surface area contributed by atoms with Gasteiger partial charge in [0.2, 0.25) is 0 Å². The number of rotatable bonds is 2. The van der Waals surface area contributed by atoms with E-state index in [0.29, 0.717) is 5.56 Å². The normalized spacial score (nSPS) is 13.5. The van der Waals surface area contributed by atoms with Crippen molar-refractivity contribution < 1.29 is 19.1 Å². The van der Waals surface area contributed by atoms with Gasteiger partial charge in [-0.2, -0.15) is 0 Å². The van der Waals surface area contributed by atoms with E-state index in [-0.39, 0.29) is 5.56 Å². The minimum Gasteiger partial charge on any atom is -0.465 e. The van der Waals surface area contributed by atoms with Gasteiger partial charge in [-0.3, -0.25) is 0 Å². The SMILES string of the molecule is COC(=O)c1cc2cccc3c2c(c1C(=O)OC)CCCC3. The fourth-order valence-corrected chi connectivity index (χ4v) is 3.31. The van der Waals surface area contributed by atoms with E-state index in [9.17, 15) is 9.59 Å². The van der Waals surface area contributed by atoms with E-state index in [4.69, 9.17) is 9.47 Å². The highest BCUT2D eigenvalue weighted by Crippen LogP contribution is 2.34. The van der Waals surface area contributed by atoms with Gasteiger partial charge in [0.05, 0.1) is 25.3 Å². The molecular weight excluding hydrogens is 280 g/mol. The topological polar surface area (TPSA) is 52.6 Å². The van der Waals surface area contributed by atoms with Gasteiger partial charge in [-0.05, 0) is 53.6 Å². The van der Waals surface area contributed by atoms with Gasteiger partial charge in [0.1, 0.15) is 0 Å². The van der Waals surface area contributed by atoms with Gasteiger partial charge in [0.25, 0.3) is 0 Å². The smallest absolute Gasteiger partial charge is 0.339 e. The quantitative estimate of drug-likeness (QED) is 0.798. The summed E-state index contributed by atoms with van der Waals surface area (Å²) in [4.78, 5) is 24.4. The Balaban J connectivity index is 2.42. The first kappa shape index (κ1) is 14.6. The van der Waals surface area contributed by atoms with Crippen molar-refractivity contribution in [3.63, 3.8) is 0 Å². The zero-order valence-electron chi connectivity index (χ0n) is 12.8. The molecule has 0 bridgehead atoms. The molecule has 4 nitrogen and oxygen atoms in total. The fraction of sp³-hybridized carbons (Fsp3) is 0.333. The molecule has 1 aliphatic carbocycles. The lowest BCUT2D eigenvalue weighted by Crippen LogP contribution is -2.15. The molecule has 0 saturated carbocycles. The average molecular weight is 298 g/mol. The van der Waals surface area contributed by atoms with Crippen LogP contribution in [0.1, 0.15) is 44.7 Å². The van der Waals surface area contributed by atoms with E-state index < -0.39 is 11.9 Å². The van der Waals surface area contributed by atoms with Crippen molar-refractivity contribution >= 4 is 22.7 Å².